The Morgan fingerprint density at radius 3 is 2.00 bits per heavy atom. The van der Waals surface area contributed by atoms with Crippen LogP contribution in [-0.4, -0.2) is 33.0 Å². The topological polar surface area (TPSA) is 47.9 Å². The summed E-state index contributed by atoms with van der Waals surface area (Å²) in [7, 11) is 4.88. The van der Waals surface area contributed by atoms with Crippen LogP contribution in [-0.2, 0) is 6.42 Å². The van der Waals surface area contributed by atoms with Gasteiger partial charge in [-0.25, -0.2) is 0 Å². The van der Waals surface area contributed by atoms with E-state index in [9.17, 15) is 5.11 Å². The van der Waals surface area contributed by atoms with Crippen LogP contribution in [0.2, 0.25) is 0 Å². The summed E-state index contributed by atoms with van der Waals surface area (Å²) in [6.07, 6.45) is 4.14. The molecule has 1 aliphatic rings. The van der Waals surface area contributed by atoms with Crippen LogP contribution in [0.5, 0.6) is 17.2 Å². The first kappa shape index (κ1) is 14.0. The van der Waals surface area contributed by atoms with Crippen LogP contribution in [0.4, 0.5) is 0 Å². The summed E-state index contributed by atoms with van der Waals surface area (Å²) >= 11 is 0. The van der Waals surface area contributed by atoms with Crippen LogP contribution in [0.1, 0.15) is 24.8 Å². The summed E-state index contributed by atoms with van der Waals surface area (Å²) in [4.78, 5) is 0. The minimum atomic E-state index is 0.0207. The van der Waals surface area contributed by atoms with Crippen LogP contribution in [0.3, 0.4) is 0 Å². The molecule has 0 radical (unpaired) electrons. The van der Waals surface area contributed by atoms with E-state index < -0.39 is 0 Å². The lowest BCUT2D eigenvalue weighted by atomic mass is 9.66. The molecule has 0 unspecified atom stereocenters. The highest BCUT2D eigenvalue weighted by Crippen LogP contribution is 2.46. The molecule has 1 saturated carbocycles. The average molecular weight is 266 g/mol. The summed E-state index contributed by atoms with van der Waals surface area (Å²) in [5.74, 6) is 2.15. The fourth-order valence-corrected chi connectivity index (χ4v) is 2.70. The lowest BCUT2D eigenvalue weighted by Gasteiger charge is -2.40. The molecule has 1 fully saturated rings. The molecular weight excluding hydrogens is 244 g/mol. The maximum Gasteiger partial charge on any atom is 0.164 e. The summed E-state index contributed by atoms with van der Waals surface area (Å²) in [6, 6.07) is 3.80. The Morgan fingerprint density at radius 1 is 1.00 bits per heavy atom. The zero-order valence-electron chi connectivity index (χ0n) is 11.9. The van der Waals surface area contributed by atoms with E-state index in [1.54, 1.807) is 21.3 Å². The predicted octanol–water partition coefficient (Wildman–Crippen LogP) is 2.42. The summed E-state index contributed by atoms with van der Waals surface area (Å²) in [5.41, 5.74) is 1.08. The Bertz CT molecular complexity index is 433. The van der Waals surface area contributed by atoms with Crippen LogP contribution in [0.15, 0.2) is 12.1 Å². The van der Waals surface area contributed by atoms with Gasteiger partial charge in [-0.05, 0) is 36.3 Å². The first-order chi connectivity index (χ1) is 9.18. The van der Waals surface area contributed by atoms with E-state index in [0.717, 1.165) is 30.6 Å². The normalized spacial score (nSPS) is 16.6. The van der Waals surface area contributed by atoms with Crippen LogP contribution in [0, 0.1) is 5.41 Å². The van der Waals surface area contributed by atoms with E-state index in [2.05, 4.69) is 0 Å². The minimum absolute atomic E-state index is 0.0207. The van der Waals surface area contributed by atoms with Crippen molar-refractivity contribution in [3.05, 3.63) is 17.7 Å². The Labute approximate surface area is 114 Å². The monoisotopic (exact) mass is 266 g/mol. The van der Waals surface area contributed by atoms with Crippen molar-refractivity contribution in [1.29, 1.82) is 0 Å². The smallest absolute Gasteiger partial charge is 0.164 e. The molecule has 0 aliphatic heterocycles. The maximum absolute atomic E-state index is 9.59. The fraction of sp³-hybridized carbons (Fsp3) is 0.600. The van der Waals surface area contributed by atoms with Crippen molar-refractivity contribution in [3.8, 4) is 17.2 Å². The predicted molar refractivity (Wildman–Crippen MR) is 73.2 cm³/mol. The van der Waals surface area contributed by atoms with Crippen LogP contribution in [0.25, 0.3) is 0 Å². The molecule has 0 atom stereocenters. The van der Waals surface area contributed by atoms with Gasteiger partial charge in [0.2, 0.25) is 0 Å². The molecule has 19 heavy (non-hydrogen) atoms. The Morgan fingerprint density at radius 2 is 1.58 bits per heavy atom. The van der Waals surface area contributed by atoms with E-state index in [-0.39, 0.29) is 12.0 Å². The highest BCUT2D eigenvalue weighted by molar-refractivity contribution is 5.51. The van der Waals surface area contributed by atoms with Gasteiger partial charge < -0.3 is 19.3 Å². The quantitative estimate of drug-likeness (QED) is 0.859. The third-order valence-corrected chi connectivity index (χ3v) is 4.10. The zero-order valence-corrected chi connectivity index (χ0v) is 11.9. The second kappa shape index (κ2) is 5.70. The number of hydrogen-bond donors (Lipinski definition) is 1. The number of aliphatic hydroxyl groups is 1. The molecule has 1 N–H and O–H groups in total. The van der Waals surface area contributed by atoms with Crippen molar-refractivity contribution in [2.45, 2.75) is 25.7 Å². The van der Waals surface area contributed by atoms with E-state index in [1.807, 2.05) is 12.1 Å². The lowest BCUT2D eigenvalue weighted by Crippen LogP contribution is -2.35. The number of aliphatic hydroxyl groups excluding tert-OH is 1. The molecule has 4 nitrogen and oxygen atoms in total. The molecule has 1 aliphatic carbocycles. The molecule has 1 aromatic rings. The second-order valence-corrected chi connectivity index (χ2v) is 5.21. The molecule has 0 spiro atoms. The van der Waals surface area contributed by atoms with Gasteiger partial charge in [0.15, 0.2) is 11.5 Å². The standard InChI is InChI=1S/C15H22O4/c1-17-12-8-14(19-3)13(18-2)7-11(12)9-15(10-16)5-4-6-15/h7-8,16H,4-6,9-10H2,1-3H3. The average Bonchev–Trinajstić information content (AvgIpc) is 2.41. The van der Waals surface area contributed by atoms with Crippen molar-refractivity contribution in [3.63, 3.8) is 0 Å². The number of benzene rings is 1. The molecule has 2 rings (SSSR count). The molecule has 0 heterocycles. The van der Waals surface area contributed by atoms with Crippen molar-refractivity contribution < 1.29 is 19.3 Å². The number of rotatable bonds is 6. The van der Waals surface area contributed by atoms with Gasteiger partial charge >= 0.3 is 0 Å². The third kappa shape index (κ3) is 2.63. The van der Waals surface area contributed by atoms with Gasteiger partial charge in [-0.15, -0.1) is 0 Å². The van der Waals surface area contributed by atoms with E-state index in [0.29, 0.717) is 11.5 Å². The summed E-state index contributed by atoms with van der Waals surface area (Å²) in [6.45, 7) is 0.227. The molecule has 1 aromatic carbocycles. The van der Waals surface area contributed by atoms with E-state index in [1.165, 1.54) is 6.42 Å². The van der Waals surface area contributed by atoms with Crippen molar-refractivity contribution >= 4 is 0 Å². The van der Waals surface area contributed by atoms with Gasteiger partial charge in [0.05, 0.1) is 21.3 Å². The largest absolute Gasteiger partial charge is 0.496 e. The molecule has 0 aromatic heterocycles. The maximum atomic E-state index is 9.59. The third-order valence-electron chi connectivity index (χ3n) is 4.10. The van der Waals surface area contributed by atoms with E-state index >= 15 is 0 Å². The molecular formula is C15H22O4. The van der Waals surface area contributed by atoms with Crippen molar-refractivity contribution in [2.24, 2.45) is 5.41 Å². The molecule has 0 saturated heterocycles. The van der Waals surface area contributed by atoms with Gasteiger partial charge in [0, 0.05) is 12.7 Å². The van der Waals surface area contributed by atoms with Gasteiger partial charge in [-0.3, -0.25) is 0 Å². The molecule has 0 bridgehead atoms. The number of hydrogen-bond acceptors (Lipinski definition) is 4. The summed E-state index contributed by atoms with van der Waals surface area (Å²) < 4.78 is 16.0. The van der Waals surface area contributed by atoms with Crippen molar-refractivity contribution in [2.75, 3.05) is 27.9 Å². The van der Waals surface area contributed by atoms with Crippen LogP contribution >= 0.6 is 0 Å². The Kier molecular flexibility index (Phi) is 4.20. The van der Waals surface area contributed by atoms with Gasteiger partial charge in [0.25, 0.3) is 0 Å². The highest BCUT2D eigenvalue weighted by Gasteiger charge is 2.37. The second-order valence-electron chi connectivity index (χ2n) is 5.21. The first-order valence-electron chi connectivity index (χ1n) is 6.58. The lowest BCUT2D eigenvalue weighted by molar-refractivity contribution is 0.0444. The highest BCUT2D eigenvalue weighted by atomic mass is 16.5. The van der Waals surface area contributed by atoms with Crippen LogP contribution < -0.4 is 14.2 Å². The molecule has 0 amide bonds. The first-order valence-corrected chi connectivity index (χ1v) is 6.58. The number of ether oxygens (including phenoxy) is 3. The fourth-order valence-electron chi connectivity index (χ4n) is 2.70. The summed E-state index contributed by atoms with van der Waals surface area (Å²) in [5, 5.41) is 9.59. The van der Waals surface area contributed by atoms with Gasteiger partial charge in [0.1, 0.15) is 5.75 Å². The minimum Gasteiger partial charge on any atom is -0.496 e. The van der Waals surface area contributed by atoms with Gasteiger partial charge in [-0.1, -0.05) is 6.42 Å². The van der Waals surface area contributed by atoms with Gasteiger partial charge in [-0.2, -0.15) is 0 Å². The Balaban J connectivity index is 2.32. The van der Waals surface area contributed by atoms with E-state index in [4.69, 9.17) is 14.2 Å². The Hall–Kier alpha value is -1.42. The zero-order chi connectivity index (χ0) is 13.9. The molecule has 4 heteroatoms. The SMILES string of the molecule is COc1cc(OC)c(OC)cc1CC1(CO)CCC1. The van der Waals surface area contributed by atoms with Crippen molar-refractivity contribution in [1.82, 2.24) is 0 Å². The molecule has 106 valence electrons. The number of methoxy groups -OCH3 is 3.